The van der Waals surface area contributed by atoms with Gasteiger partial charge in [0.25, 0.3) is 0 Å². The molecule has 0 saturated carbocycles. The summed E-state index contributed by atoms with van der Waals surface area (Å²) in [6.45, 7) is 2.10. The molecule has 0 aliphatic carbocycles. The van der Waals surface area contributed by atoms with Gasteiger partial charge in [0.05, 0.1) is 0 Å². The van der Waals surface area contributed by atoms with Crippen molar-refractivity contribution in [1.82, 2.24) is 0 Å². The van der Waals surface area contributed by atoms with Crippen LogP contribution in [0.2, 0.25) is 5.02 Å². The maximum absolute atomic E-state index is 13.4. The number of hydrogen-bond acceptors (Lipinski definition) is 1. The molecule has 0 aliphatic heterocycles. The van der Waals surface area contributed by atoms with E-state index in [4.69, 9.17) is 17.3 Å². The topological polar surface area (TPSA) is 26.0 Å². The summed E-state index contributed by atoms with van der Waals surface area (Å²) in [6.07, 6.45) is 3.58. The Hall–Kier alpha value is -0.600. The quantitative estimate of drug-likeness (QED) is 0.821. The summed E-state index contributed by atoms with van der Waals surface area (Å²) in [5.74, 6) is -0.230. The average molecular weight is 230 g/mol. The van der Waals surface area contributed by atoms with Gasteiger partial charge in [0.2, 0.25) is 0 Å². The lowest BCUT2D eigenvalue weighted by Gasteiger charge is -2.10. The van der Waals surface area contributed by atoms with E-state index in [9.17, 15) is 4.39 Å². The number of nitrogens with two attached hydrogens (primary N) is 1. The Bertz CT molecular complexity index is 314. The number of halogens is 2. The van der Waals surface area contributed by atoms with Crippen LogP contribution < -0.4 is 5.73 Å². The van der Waals surface area contributed by atoms with E-state index >= 15 is 0 Å². The van der Waals surface area contributed by atoms with Crippen molar-refractivity contribution in [3.8, 4) is 0 Å². The standard InChI is InChI=1S/C12H17ClFN/c1-2-3-11(15)7-5-9-4-6-10(13)8-12(9)14/h4,6,8,11H,2-3,5,7,15H2,1H3. The Morgan fingerprint density at radius 2 is 2.13 bits per heavy atom. The van der Waals surface area contributed by atoms with Gasteiger partial charge in [-0.25, -0.2) is 4.39 Å². The summed E-state index contributed by atoms with van der Waals surface area (Å²) in [6, 6.07) is 4.97. The predicted molar refractivity (Wildman–Crippen MR) is 62.6 cm³/mol. The van der Waals surface area contributed by atoms with Gasteiger partial charge in [-0.3, -0.25) is 0 Å². The fourth-order valence-corrected chi connectivity index (χ4v) is 1.74. The largest absolute Gasteiger partial charge is 0.328 e. The van der Waals surface area contributed by atoms with Gasteiger partial charge in [-0.1, -0.05) is 31.0 Å². The summed E-state index contributed by atoms with van der Waals surface area (Å²) in [4.78, 5) is 0. The van der Waals surface area contributed by atoms with Crippen LogP contribution in [0.25, 0.3) is 0 Å². The molecule has 84 valence electrons. The highest BCUT2D eigenvalue weighted by Gasteiger charge is 2.06. The molecule has 0 radical (unpaired) electrons. The molecule has 0 aliphatic rings. The molecule has 3 heteroatoms. The zero-order chi connectivity index (χ0) is 11.3. The van der Waals surface area contributed by atoms with Crippen LogP contribution in [-0.2, 0) is 6.42 Å². The third-order valence-corrected chi connectivity index (χ3v) is 2.69. The molecule has 1 aromatic rings. The minimum Gasteiger partial charge on any atom is -0.328 e. The van der Waals surface area contributed by atoms with Gasteiger partial charge in [-0.2, -0.15) is 0 Å². The summed E-state index contributed by atoms with van der Waals surface area (Å²) >= 11 is 5.66. The van der Waals surface area contributed by atoms with Gasteiger partial charge in [0.1, 0.15) is 5.82 Å². The van der Waals surface area contributed by atoms with E-state index in [1.165, 1.54) is 6.07 Å². The van der Waals surface area contributed by atoms with Crippen molar-refractivity contribution in [3.05, 3.63) is 34.6 Å². The normalized spacial score (nSPS) is 12.8. The second-order valence-corrected chi connectivity index (χ2v) is 4.26. The van der Waals surface area contributed by atoms with Crippen LogP contribution in [0.5, 0.6) is 0 Å². The molecule has 0 fully saturated rings. The van der Waals surface area contributed by atoms with Gasteiger partial charge in [0, 0.05) is 11.1 Å². The van der Waals surface area contributed by atoms with Crippen molar-refractivity contribution in [2.75, 3.05) is 0 Å². The van der Waals surface area contributed by atoms with Crippen LogP contribution in [0.3, 0.4) is 0 Å². The smallest absolute Gasteiger partial charge is 0.127 e. The lowest BCUT2D eigenvalue weighted by Crippen LogP contribution is -2.20. The number of hydrogen-bond donors (Lipinski definition) is 1. The fraction of sp³-hybridized carbons (Fsp3) is 0.500. The molecule has 1 nitrogen and oxygen atoms in total. The zero-order valence-electron chi connectivity index (χ0n) is 8.97. The molecule has 0 spiro atoms. The predicted octanol–water partition coefficient (Wildman–Crippen LogP) is 3.54. The van der Waals surface area contributed by atoms with Gasteiger partial charge >= 0.3 is 0 Å². The van der Waals surface area contributed by atoms with Crippen LogP contribution >= 0.6 is 11.6 Å². The summed E-state index contributed by atoms with van der Waals surface area (Å²) in [7, 11) is 0. The van der Waals surface area contributed by atoms with E-state index in [0.717, 1.165) is 19.3 Å². The summed E-state index contributed by atoms with van der Waals surface area (Å²) in [5.41, 5.74) is 6.56. The first-order valence-electron chi connectivity index (χ1n) is 5.33. The van der Waals surface area contributed by atoms with E-state index < -0.39 is 0 Å². The van der Waals surface area contributed by atoms with Gasteiger partial charge in [-0.15, -0.1) is 0 Å². The molecular weight excluding hydrogens is 213 g/mol. The number of benzene rings is 1. The first kappa shape index (κ1) is 12.5. The third kappa shape index (κ3) is 4.18. The van der Waals surface area contributed by atoms with Crippen LogP contribution in [0.15, 0.2) is 18.2 Å². The molecule has 15 heavy (non-hydrogen) atoms. The van der Waals surface area contributed by atoms with Crippen molar-refractivity contribution < 1.29 is 4.39 Å². The van der Waals surface area contributed by atoms with E-state index in [0.29, 0.717) is 17.0 Å². The van der Waals surface area contributed by atoms with E-state index in [-0.39, 0.29) is 11.9 Å². The molecule has 1 rings (SSSR count). The third-order valence-electron chi connectivity index (χ3n) is 2.46. The van der Waals surface area contributed by atoms with Gasteiger partial charge in [-0.05, 0) is 37.0 Å². The Labute approximate surface area is 95.4 Å². The number of aryl methyl sites for hydroxylation is 1. The molecule has 0 amide bonds. The molecule has 0 aromatic heterocycles. The first-order chi connectivity index (χ1) is 7.13. The van der Waals surface area contributed by atoms with E-state index in [1.807, 2.05) is 0 Å². The Morgan fingerprint density at radius 1 is 1.40 bits per heavy atom. The minimum absolute atomic E-state index is 0.171. The van der Waals surface area contributed by atoms with Crippen molar-refractivity contribution >= 4 is 11.6 Å². The van der Waals surface area contributed by atoms with Crippen LogP contribution in [-0.4, -0.2) is 6.04 Å². The highest BCUT2D eigenvalue weighted by Crippen LogP contribution is 2.16. The fourth-order valence-electron chi connectivity index (χ4n) is 1.58. The number of rotatable bonds is 5. The van der Waals surface area contributed by atoms with Crippen molar-refractivity contribution in [2.45, 2.75) is 38.6 Å². The Balaban J connectivity index is 2.50. The molecule has 2 N–H and O–H groups in total. The molecular formula is C12H17ClFN. The lowest BCUT2D eigenvalue weighted by molar-refractivity contribution is 0.545. The zero-order valence-corrected chi connectivity index (χ0v) is 9.73. The highest BCUT2D eigenvalue weighted by molar-refractivity contribution is 6.30. The molecule has 0 bridgehead atoms. The van der Waals surface area contributed by atoms with Gasteiger partial charge in [0.15, 0.2) is 0 Å². The first-order valence-corrected chi connectivity index (χ1v) is 5.70. The monoisotopic (exact) mass is 229 g/mol. The van der Waals surface area contributed by atoms with Crippen molar-refractivity contribution in [1.29, 1.82) is 0 Å². The van der Waals surface area contributed by atoms with Gasteiger partial charge < -0.3 is 5.73 Å². The lowest BCUT2D eigenvalue weighted by atomic mass is 10.0. The van der Waals surface area contributed by atoms with Crippen LogP contribution in [0, 0.1) is 5.82 Å². The average Bonchev–Trinajstić information content (AvgIpc) is 2.17. The maximum Gasteiger partial charge on any atom is 0.127 e. The second-order valence-electron chi connectivity index (χ2n) is 3.82. The summed E-state index contributed by atoms with van der Waals surface area (Å²) in [5, 5.41) is 0.439. The van der Waals surface area contributed by atoms with Crippen molar-refractivity contribution in [2.24, 2.45) is 5.73 Å². The molecule has 1 unspecified atom stereocenters. The molecule has 0 heterocycles. The minimum atomic E-state index is -0.230. The van der Waals surface area contributed by atoms with Crippen LogP contribution in [0.4, 0.5) is 4.39 Å². The molecule has 1 atom stereocenters. The maximum atomic E-state index is 13.4. The van der Waals surface area contributed by atoms with E-state index in [2.05, 4.69) is 6.92 Å². The highest BCUT2D eigenvalue weighted by atomic mass is 35.5. The SMILES string of the molecule is CCCC(N)CCc1ccc(Cl)cc1F. The van der Waals surface area contributed by atoms with E-state index in [1.54, 1.807) is 12.1 Å². The Kier molecular flexibility index (Phi) is 5.06. The molecule has 0 saturated heterocycles. The van der Waals surface area contributed by atoms with Crippen molar-refractivity contribution in [3.63, 3.8) is 0 Å². The molecule has 1 aromatic carbocycles. The summed E-state index contributed by atoms with van der Waals surface area (Å²) < 4.78 is 13.4. The van der Waals surface area contributed by atoms with Crippen LogP contribution in [0.1, 0.15) is 31.7 Å². The second kappa shape index (κ2) is 6.09. The Morgan fingerprint density at radius 3 is 2.73 bits per heavy atom.